The Bertz CT molecular complexity index is 3150. The third-order valence-corrected chi connectivity index (χ3v) is 12.1. The van der Waals surface area contributed by atoms with Gasteiger partial charge in [0.25, 0.3) is 0 Å². The molecule has 2 nitrogen and oxygen atoms in total. The number of hydrogen-bond acceptors (Lipinski definition) is 2. The minimum absolute atomic E-state index is 0.523. The Hall–Kier alpha value is -7.16. The molecule has 254 valence electrons. The minimum Gasteiger partial charge on any atom is -0.228 e. The molecule has 2 aliphatic carbocycles. The van der Waals surface area contributed by atoms with Crippen molar-refractivity contribution in [3.05, 3.63) is 216 Å². The van der Waals surface area contributed by atoms with Crippen molar-refractivity contribution in [3.63, 3.8) is 0 Å². The van der Waals surface area contributed by atoms with Crippen molar-refractivity contribution in [1.29, 1.82) is 0 Å². The summed E-state index contributed by atoms with van der Waals surface area (Å²) in [6.45, 7) is 0. The van der Waals surface area contributed by atoms with E-state index in [1.165, 1.54) is 71.8 Å². The fourth-order valence-corrected chi connectivity index (χ4v) is 9.83. The van der Waals surface area contributed by atoms with Crippen LogP contribution in [-0.4, -0.2) is 9.97 Å². The maximum Gasteiger partial charge on any atom is 0.161 e. The lowest BCUT2D eigenvalue weighted by atomic mass is 9.69. The van der Waals surface area contributed by atoms with Gasteiger partial charge in [-0.3, -0.25) is 0 Å². The lowest BCUT2D eigenvalue weighted by Crippen LogP contribution is -2.26. The molecule has 9 aromatic carbocycles. The molecule has 0 saturated heterocycles. The Balaban J connectivity index is 1.18. The van der Waals surface area contributed by atoms with Crippen LogP contribution in [0.3, 0.4) is 0 Å². The van der Waals surface area contributed by atoms with Crippen LogP contribution in [0.2, 0.25) is 0 Å². The number of rotatable bonds is 3. The van der Waals surface area contributed by atoms with Crippen LogP contribution >= 0.6 is 0 Å². The largest absolute Gasteiger partial charge is 0.228 e. The van der Waals surface area contributed by atoms with E-state index in [-0.39, 0.29) is 0 Å². The van der Waals surface area contributed by atoms with Crippen LogP contribution in [0.4, 0.5) is 0 Å². The van der Waals surface area contributed by atoms with Gasteiger partial charge in [0.2, 0.25) is 0 Å². The molecule has 1 heterocycles. The first kappa shape index (κ1) is 30.3. The summed E-state index contributed by atoms with van der Waals surface area (Å²) in [6.07, 6.45) is 0. The molecule has 2 heteroatoms. The van der Waals surface area contributed by atoms with Crippen molar-refractivity contribution in [2.45, 2.75) is 5.41 Å². The Labute approximate surface area is 319 Å². The SMILES string of the molecule is c1ccc(-c2ccc(-c3nc(-c4cc5c(c6ccccc46)-c4ccc6ccccc6c4C54c5ccccc5-c5ccccc54)nc4ccccc34)cc2)cc1. The van der Waals surface area contributed by atoms with Gasteiger partial charge in [-0.05, 0) is 89.3 Å². The second-order valence-corrected chi connectivity index (χ2v) is 14.8. The van der Waals surface area contributed by atoms with E-state index in [2.05, 4.69) is 194 Å². The maximum absolute atomic E-state index is 5.51. The molecule has 0 saturated carbocycles. The molecule has 10 aromatic rings. The Kier molecular flexibility index (Phi) is 6.29. The highest BCUT2D eigenvalue weighted by Crippen LogP contribution is 2.65. The first-order valence-electron chi connectivity index (χ1n) is 19.0. The first-order chi connectivity index (χ1) is 27.3. The van der Waals surface area contributed by atoms with Crippen LogP contribution in [0.25, 0.3) is 88.5 Å². The van der Waals surface area contributed by atoms with E-state index in [1.807, 2.05) is 0 Å². The second-order valence-electron chi connectivity index (χ2n) is 14.8. The quantitative estimate of drug-likeness (QED) is 0.184. The number of hydrogen-bond donors (Lipinski definition) is 0. The van der Waals surface area contributed by atoms with Gasteiger partial charge in [0.1, 0.15) is 0 Å². The molecule has 0 atom stereocenters. The lowest BCUT2D eigenvalue weighted by Gasteiger charge is -2.32. The second kappa shape index (κ2) is 11.4. The molecule has 0 amide bonds. The monoisotopic (exact) mass is 696 g/mol. The summed E-state index contributed by atoms with van der Waals surface area (Å²) in [4.78, 5) is 10.9. The molecule has 0 bridgehead atoms. The number of aromatic nitrogens is 2. The molecule has 0 fully saturated rings. The van der Waals surface area contributed by atoms with Gasteiger partial charge in [-0.1, -0.05) is 182 Å². The van der Waals surface area contributed by atoms with Gasteiger partial charge in [0.15, 0.2) is 5.82 Å². The normalized spacial score (nSPS) is 13.2. The summed E-state index contributed by atoms with van der Waals surface area (Å²) in [7, 11) is 0. The Morgan fingerprint density at radius 1 is 0.345 bits per heavy atom. The predicted molar refractivity (Wildman–Crippen MR) is 227 cm³/mol. The fourth-order valence-electron chi connectivity index (χ4n) is 9.83. The molecular weight excluding hydrogens is 665 g/mol. The number of benzene rings is 9. The van der Waals surface area contributed by atoms with Crippen molar-refractivity contribution in [2.24, 2.45) is 0 Å². The molecule has 1 spiro atoms. The predicted octanol–water partition coefficient (Wildman–Crippen LogP) is 13.3. The van der Waals surface area contributed by atoms with Crippen LogP contribution in [0, 0.1) is 0 Å². The zero-order valence-electron chi connectivity index (χ0n) is 29.9. The summed E-state index contributed by atoms with van der Waals surface area (Å²) in [5.74, 6) is 0.732. The zero-order valence-corrected chi connectivity index (χ0v) is 29.9. The van der Waals surface area contributed by atoms with E-state index in [9.17, 15) is 0 Å². The van der Waals surface area contributed by atoms with Crippen molar-refractivity contribution >= 4 is 32.4 Å². The van der Waals surface area contributed by atoms with Crippen molar-refractivity contribution < 1.29 is 0 Å². The summed E-state index contributed by atoms with van der Waals surface area (Å²) in [5, 5.41) is 5.95. The van der Waals surface area contributed by atoms with Crippen LogP contribution < -0.4 is 0 Å². The van der Waals surface area contributed by atoms with Crippen LogP contribution in [0.1, 0.15) is 22.3 Å². The number of para-hydroxylation sites is 1. The van der Waals surface area contributed by atoms with Crippen molar-refractivity contribution in [1.82, 2.24) is 9.97 Å². The maximum atomic E-state index is 5.51. The minimum atomic E-state index is -0.523. The first-order valence-corrected chi connectivity index (χ1v) is 19.0. The van der Waals surface area contributed by atoms with Gasteiger partial charge < -0.3 is 0 Å². The van der Waals surface area contributed by atoms with Gasteiger partial charge in [0.05, 0.1) is 16.6 Å². The van der Waals surface area contributed by atoms with Gasteiger partial charge in [-0.25, -0.2) is 9.97 Å². The van der Waals surface area contributed by atoms with Crippen molar-refractivity contribution in [3.8, 4) is 56.0 Å². The molecule has 0 radical (unpaired) electrons. The van der Waals surface area contributed by atoms with Crippen LogP contribution in [-0.2, 0) is 5.41 Å². The van der Waals surface area contributed by atoms with E-state index in [4.69, 9.17) is 9.97 Å². The van der Waals surface area contributed by atoms with E-state index in [0.717, 1.165) is 38.9 Å². The molecule has 12 rings (SSSR count). The average Bonchev–Trinajstić information content (AvgIpc) is 3.74. The summed E-state index contributed by atoms with van der Waals surface area (Å²) >= 11 is 0. The van der Waals surface area contributed by atoms with Crippen molar-refractivity contribution in [2.75, 3.05) is 0 Å². The molecule has 0 aliphatic heterocycles. The Morgan fingerprint density at radius 3 is 1.69 bits per heavy atom. The van der Waals surface area contributed by atoms with E-state index >= 15 is 0 Å². The highest BCUT2D eigenvalue weighted by atomic mass is 14.9. The van der Waals surface area contributed by atoms with Gasteiger partial charge in [0, 0.05) is 16.5 Å². The average molecular weight is 697 g/mol. The molecular formula is C53H32N2. The molecule has 0 N–H and O–H groups in total. The molecule has 2 aliphatic rings. The fraction of sp³-hybridized carbons (Fsp3) is 0.0189. The summed E-state index contributed by atoms with van der Waals surface area (Å²) in [5.41, 5.74) is 16.3. The molecule has 55 heavy (non-hydrogen) atoms. The molecule has 1 aromatic heterocycles. The third-order valence-electron chi connectivity index (χ3n) is 12.1. The standard InChI is InChI=1S/C53H32N2/c1-2-14-33(15-3-1)34-26-28-36(29-27-34)51-42-22-10-13-25-48(42)54-52(55-51)44-32-47-49(41-21-7-6-18-38(41)44)43-31-30-35-16-4-5-17-37(35)50(43)53(47)45-23-11-8-19-39(45)40-20-9-12-24-46(40)53/h1-32H. The molecule has 0 unspecified atom stereocenters. The highest BCUT2D eigenvalue weighted by molar-refractivity contribution is 6.14. The number of nitrogens with zero attached hydrogens (tertiary/aromatic N) is 2. The Morgan fingerprint density at radius 2 is 0.927 bits per heavy atom. The topological polar surface area (TPSA) is 25.8 Å². The van der Waals surface area contributed by atoms with E-state index in [1.54, 1.807) is 0 Å². The van der Waals surface area contributed by atoms with E-state index < -0.39 is 5.41 Å². The van der Waals surface area contributed by atoms with Crippen LogP contribution in [0.15, 0.2) is 194 Å². The third kappa shape index (κ3) is 4.14. The zero-order chi connectivity index (χ0) is 36.1. The summed E-state index contributed by atoms with van der Waals surface area (Å²) in [6, 6.07) is 70.7. The number of fused-ring (bicyclic) bond motifs is 15. The van der Waals surface area contributed by atoms with Gasteiger partial charge >= 0.3 is 0 Å². The van der Waals surface area contributed by atoms with Gasteiger partial charge in [-0.2, -0.15) is 0 Å². The highest BCUT2D eigenvalue weighted by Gasteiger charge is 2.53. The van der Waals surface area contributed by atoms with E-state index in [0.29, 0.717) is 0 Å². The lowest BCUT2D eigenvalue weighted by molar-refractivity contribution is 0.802. The smallest absolute Gasteiger partial charge is 0.161 e. The summed E-state index contributed by atoms with van der Waals surface area (Å²) < 4.78 is 0. The van der Waals surface area contributed by atoms with Gasteiger partial charge in [-0.15, -0.1) is 0 Å². The van der Waals surface area contributed by atoms with Crippen LogP contribution in [0.5, 0.6) is 0 Å².